The summed E-state index contributed by atoms with van der Waals surface area (Å²) in [6, 6.07) is 0. The van der Waals surface area contributed by atoms with Gasteiger partial charge in [0.15, 0.2) is 5.60 Å². The van der Waals surface area contributed by atoms with Crippen molar-refractivity contribution in [2.45, 2.75) is 71.3 Å². The molecule has 0 aromatic rings. The maximum Gasteiger partial charge on any atom is 0.338 e. The standard InChI is InChI=1S/C15H28O3/c1-4-7-12-8-10-13(11-9-12)15(17,5-2)14(16)18-6-3/h12-13,17H,4-11H2,1-3H3. The molecule has 3 nitrogen and oxygen atoms in total. The van der Waals surface area contributed by atoms with E-state index in [9.17, 15) is 9.90 Å². The quantitative estimate of drug-likeness (QED) is 0.742. The summed E-state index contributed by atoms with van der Waals surface area (Å²) in [5.41, 5.74) is -1.26. The Balaban J connectivity index is 2.59. The highest BCUT2D eigenvalue weighted by atomic mass is 16.5. The van der Waals surface area contributed by atoms with Gasteiger partial charge < -0.3 is 9.84 Å². The number of esters is 1. The van der Waals surface area contributed by atoms with Crippen molar-refractivity contribution in [3.8, 4) is 0 Å². The van der Waals surface area contributed by atoms with E-state index in [1.165, 1.54) is 12.8 Å². The summed E-state index contributed by atoms with van der Waals surface area (Å²) in [5.74, 6) is 0.440. The van der Waals surface area contributed by atoms with E-state index in [0.717, 1.165) is 31.6 Å². The summed E-state index contributed by atoms with van der Waals surface area (Å²) in [6.45, 7) is 6.21. The van der Waals surface area contributed by atoms with Crippen LogP contribution in [0.2, 0.25) is 0 Å². The second kappa shape index (κ2) is 7.13. The number of hydrogen-bond acceptors (Lipinski definition) is 3. The molecule has 0 amide bonds. The Morgan fingerprint density at radius 3 is 2.28 bits per heavy atom. The fourth-order valence-electron chi connectivity index (χ4n) is 3.19. The van der Waals surface area contributed by atoms with Crippen LogP contribution in [0.25, 0.3) is 0 Å². The third kappa shape index (κ3) is 3.47. The molecular formula is C15H28O3. The average Bonchev–Trinajstić information content (AvgIpc) is 2.39. The molecule has 0 aromatic carbocycles. The average molecular weight is 256 g/mol. The van der Waals surface area contributed by atoms with Gasteiger partial charge in [-0.2, -0.15) is 0 Å². The molecule has 1 unspecified atom stereocenters. The Kier molecular flexibility index (Phi) is 6.13. The molecule has 0 aliphatic heterocycles. The molecule has 1 atom stereocenters. The van der Waals surface area contributed by atoms with Gasteiger partial charge >= 0.3 is 5.97 Å². The fraction of sp³-hybridized carbons (Fsp3) is 0.933. The van der Waals surface area contributed by atoms with Gasteiger partial charge in [0, 0.05) is 0 Å². The highest BCUT2D eigenvalue weighted by Gasteiger charge is 2.44. The number of rotatable bonds is 6. The van der Waals surface area contributed by atoms with Crippen molar-refractivity contribution in [3.05, 3.63) is 0 Å². The molecule has 0 heterocycles. The van der Waals surface area contributed by atoms with Crippen LogP contribution >= 0.6 is 0 Å². The molecule has 1 aliphatic rings. The monoisotopic (exact) mass is 256 g/mol. The van der Waals surface area contributed by atoms with E-state index >= 15 is 0 Å². The number of ether oxygens (including phenoxy) is 1. The second-order valence-corrected chi connectivity index (χ2v) is 5.50. The minimum Gasteiger partial charge on any atom is -0.464 e. The molecule has 0 spiro atoms. The molecule has 18 heavy (non-hydrogen) atoms. The first-order valence-corrected chi connectivity index (χ1v) is 7.48. The van der Waals surface area contributed by atoms with Gasteiger partial charge in [-0.15, -0.1) is 0 Å². The minimum absolute atomic E-state index is 0.0784. The Hall–Kier alpha value is -0.570. The van der Waals surface area contributed by atoms with Gasteiger partial charge in [-0.05, 0) is 38.0 Å². The fourth-order valence-corrected chi connectivity index (χ4v) is 3.19. The third-order valence-electron chi connectivity index (χ3n) is 4.39. The van der Waals surface area contributed by atoms with E-state index in [0.29, 0.717) is 13.0 Å². The van der Waals surface area contributed by atoms with E-state index < -0.39 is 11.6 Å². The highest BCUT2D eigenvalue weighted by Crippen LogP contribution is 2.39. The summed E-state index contributed by atoms with van der Waals surface area (Å²) in [4.78, 5) is 11.9. The van der Waals surface area contributed by atoms with E-state index in [1.807, 2.05) is 6.92 Å². The lowest BCUT2D eigenvalue weighted by molar-refractivity contribution is -0.174. The molecule has 0 bridgehead atoms. The Labute approximate surface area is 111 Å². The third-order valence-corrected chi connectivity index (χ3v) is 4.39. The molecular weight excluding hydrogens is 228 g/mol. The van der Waals surface area contributed by atoms with Gasteiger partial charge in [-0.25, -0.2) is 4.79 Å². The van der Waals surface area contributed by atoms with Gasteiger partial charge in [0.05, 0.1) is 6.61 Å². The zero-order valence-electron chi connectivity index (χ0n) is 12.1. The molecule has 1 fully saturated rings. The number of carbonyl (C=O) groups is 1. The first-order valence-electron chi connectivity index (χ1n) is 7.48. The predicted molar refractivity (Wildman–Crippen MR) is 72.2 cm³/mol. The molecule has 1 N–H and O–H groups in total. The predicted octanol–water partition coefficient (Wildman–Crippen LogP) is 3.30. The van der Waals surface area contributed by atoms with E-state index in [2.05, 4.69) is 6.92 Å². The first kappa shape index (κ1) is 15.5. The van der Waals surface area contributed by atoms with Gasteiger partial charge in [-0.3, -0.25) is 0 Å². The molecule has 0 aromatic heterocycles. The summed E-state index contributed by atoms with van der Waals surface area (Å²) in [7, 11) is 0. The Morgan fingerprint density at radius 1 is 1.22 bits per heavy atom. The van der Waals surface area contributed by atoms with Crippen molar-refractivity contribution in [2.75, 3.05) is 6.61 Å². The lowest BCUT2D eigenvalue weighted by Gasteiger charge is -2.38. The molecule has 0 saturated heterocycles. The summed E-state index contributed by atoms with van der Waals surface area (Å²) in [5, 5.41) is 10.6. The van der Waals surface area contributed by atoms with Crippen LogP contribution in [0, 0.1) is 11.8 Å². The lowest BCUT2D eigenvalue weighted by Crippen LogP contribution is -2.47. The van der Waals surface area contributed by atoms with Crippen molar-refractivity contribution in [1.82, 2.24) is 0 Å². The van der Waals surface area contributed by atoms with E-state index in [1.54, 1.807) is 6.92 Å². The van der Waals surface area contributed by atoms with Crippen LogP contribution < -0.4 is 0 Å². The summed E-state index contributed by atoms with van der Waals surface area (Å²) < 4.78 is 5.04. The minimum atomic E-state index is -1.26. The zero-order chi connectivity index (χ0) is 13.6. The molecule has 1 rings (SSSR count). The van der Waals surface area contributed by atoms with Gasteiger partial charge in [-0.1, -0.05) is 39.5 Å². The molecule has 0 radical (unpaired) electrons. The van der Waals surface area contributed by atoms with Crippen LogP contribution in [0.4, 0.5) is 0 Å². The first-order chi connectivity index (χ1) is 8.58. The largest absolute Gasteiger partial charge is 0.464 e. The lowest BCUT2D eigenvalue weighted by atomic mass is 9.71. The number of aliphatic hydroxyl groups is 1. The molecule has 3 heteroatoms. The SMILES string of the molecule is CCCC1CCC(C(O)(CC)C(=O)OCC)CC1. The van der Waals surface area contributed by atoms with Gasteiger partial charge in [0.2, 0.25) is 0 Å². The number of hydrogen-bond donors (Lipinski definition) is 1. The number of carbonyl (C=O) groups excluding carboxylic acids is 1. The van der Waals surface area contributed by atoms with E-state index in [4.69, 9.17) is 4.74 Å². The van der Waals surface area contributed by atoms with Gasteiger partial charge in [0.1, 0.15) is 0 Å². The van der Waals surface area contributed by atoms with Crippen LogP contribution in [0.3, 0.4) is 0 Å². The maximum absolute atomic E-state index is 11.9. The van der Waals surface area contributed by atoms with Crippen molar-refractivity contribution < 1.29 is 14.6 Å². The van der Waals surface area contributed by atoms with Crippen molar-refractivity contribution in [1.29, 1.82) is 0 Å². The summed E-state index contributed by atoms with van der Waals surface area (Å²) >= 11 is 0. The van der Waals surface area contributed by atoms with Crippen LogP contribution in [0.1, 0.15) is 65.7 Å². The summed E-state index contributed by atoms with van der Waals surface area (Å²) in [6.07, 6.45) is 7.14. The van der Waals surface area contributed by atoms with Crippen molar-refractivity contribution in [2.24, 2.45) is 11.8 Å². The van der Waals surface area contributed by atoms with E-state index in [-0.39, 0.29) is 5.92 Å². The van der Waals surface area contributed by atoms with Crippen LogP contribution in [-0.4, -0.2) is 23.3 Å². The smallest absolute Gasteiger partial charge is 0.338 e. The maximum atomic E-state index is 11.9. The van der Waals surface area contributed by atoms with Gasteiger partial charge in [0.25, 0.3) is 0 Å². The Bertz CT molecular complexity index is 256. The van der Waals surface area contributed by atoms with Crippen molar-refractivity contribution in [3.63, 3.8) is 0 Å². The van der Waals surface area contributed by atoms with Crippen LogP contribution in [0.5, 0.6) is 0 Å². The topological polar surface area (TPSA) is 46.5 Å². The molecule has 1 saturated carbocycles. The zero-order valence-corrected chi connectivity index (χ0v) is 12.1. The second-order valence-electron chi connectivity index (χ2n) is 5.50. The normalized spacial score (nSPS) is 27.6. The highest BCUT2D eigenvalue weighted by molar-refractivity contribution is 5.79. The van der Waals surface area contributed by atoms with Crippen molar-refractivity contribution >= 4 is 5.97 Å². The Morgan fingerprint density at radius 2 is 1.83 bits per heavy atom. The van der Waals surface area contributed by atoms with Crippen LogP contribution in [-0.2, 0) is 9.53 Å². The van der Waals surface area contributed by atoms with Crippen LogP contribution in [0.15, 0.2) is 0 Å². The molecule has 106 valence electrons. The molecule has 1 aliphatic carbocycles.